The number of rotatable bonds is 6. The topological polar surface area (TPSA) is 55.8 Å². The van der Waals surface area contributed by atoms with Gasteiger partial charge < -0.3 is 14.4 Å². The van der Waals surface area contributed by atoms with E-state index in [1.807, 2.05) is 32.2 Å². The summed E-state index contributed by atoms with van der Waals surface area (Å²) in [6.45, 7) is 11.2. The van der Waals surface area contributed by atoms with Gasteiger partial charge in [0, 0.05) is 48.3 Å². The van der Waals surface area contributed by atoms with Crippen LogP contribution >= 0.6 is 39.1 Å². The summed E-state index contributed by atoms with van der Waals surface area (Å²) in [5, 5.41) is 0.945. The second-order valence-electron chi connectivity index (χ2n) is 12.9. The molecule has 0 atom stereocenters. The van der Waals surface area contributed by atoms with Crippen LogP contribution in [0.25, 0.3) is 0 Å². The molecule has 218 valence electrons. The summed E-state index contributed by atoms with van der Waals surface area (Å²) in [4.78, 5) is 29.8. The van der Waals surface area contributed by atoms with E-state index in [-0.39, 0.29) is 29.0 Å². The summed E-state index contributed by atoms with van der Waals surface area (Å²) in [5.41, 5.74) is 4.92. The summed E-state index contributed by atoms with van der Waals surface area (Å²) in [7, 11) is 2.02. The first kappa shape index (κ1) is 30.2. The molecule has 0 saturated heterocycles. The van der Waals surface area contributed by atoms with Crippen molar-refractivity contribution in [2.75, 3.05) is 13.7 Å². The van der Waals surface area contributed by atoms with E-state index in [9.17, 15) is 9.59 Å². The fourth-order valence-electron chi connectivity index (χ4n) is 6.44. The van der Waals surface area contributed by atoms with Gasteiger partial charge in [-0.15, -0.1) is 0 Å². The monoisotopic (exact) mass is 659 g/mol. The number of allylic oxidation sites excluding steroid dienone is 4. The van der Waals surface area contributed by atoms with Crippen molar-refractivity contribution < 1.29 is 19.1 Å². The molecule has 41 heavy (non-hydrogen) atoms. The van der Waals surface area contributed by atoms with Gasteiger partial charge in [-0.1, -0.05) is 57.0 Å². The molecule has 0 bridgehead atoms. The lowest BCUT2D eigenvalue weighted by molar-refractivity contribution is -0.119. The Hall–Kier alpha value is -2.28. The van der Waals surface area contributed by atoms with Crippen molar-refractivity contribution in [1.82, 2.24) is 4.90 Å². The highest BCUT2D eigenvalue weighted by Crippen LogP contribution is 2.55. The molecule has 0 amide bonds. The summed E-state index contributed by atoms with van der Waals surface area (Å²) in [5.74, 6) is 0.846. The van der Waals surface area contributed by atoms with E-state index in [0.717, 1.165) is 46.5 Å². The highest BCUT2D eigenvalue weighted by Gasteiger charge is 2.48. The molecule has 3 aliphatic rings. The first-order valence-corrected chi connectivity index (χ1v) is 15.6. The predicted octanol–water partition coefficient (Wildman–Crippen LogP) is 9.05. The van der Waals surface area contributed by atoms with Crippen molar-refractivity contribution in [2.24, 2.45) is 10.8 Å². The largest absolute Gasteiger partial charge is 0.490 e. The van der Waals surface area contributed by atoms with Gasteiger partial charge >= 0.3 is 0 Å². The highest BCUT2D eigenvalue weighted by atomic mass is 79.9. The van der Waals surface area contributed by atoms with E-state index in [0.29, 0.717) is 45.5 Å². The molecule has 5 nitrogen and oxygen atoms in total. The molecule has 0 spiro atoms. The molecule has 2 aromatic rings. The van der Waals surface area contributed by atoms with E-state index in [2.05, 4.69) is 48.5 Å². The molecule has 1 heterocycles. The highest BCUT2D eigenvalue weighted by molar-refractivity contribution is 9.10. The van der Waals surface area contributed by atoms with Gasteiger partial charge in [-0.3, -0.25) is 9.59 Å². The van der Waals surface area contributed by atoms with Crippen LogP contribution < -0.4 is 9.47 Å². The summed E-state index contributed by atoms with van der Waals surface area (Å²) in [6, 6.07) is 9.29. The third kappa shape index (κ3) is 5.85. The quantitative estimate of drug-likeness (QED) is 0.309. The molecule has 0 saturated carbocycles. The first-order chi connectivity index (χ1) is 19.2. The maximum atomic E-state index is 13.8. The van der Waals surface area contributed by atoms with E-state index >= 15 is 0 Å². The Labute approximate surface area is 261 Å². The minimum Gasteiger partial charge on any atom is -0.490 e. The van der Waals surface area contributed by atoms with E-state index < -0.39 is 5.92 Å². The minimum absolute atomic E-state index is 0.103. The van der Waals surface area contributed by atoms with Gasteiger partial charge in [0.25, 0.3) is 0 Å². The van der Waals surface area contributed by atoms with Crippen molar-refractivity contribution in [2.45, 2.75) is 72.8 Å². The molecule has 0 unspecified atom stereocenters. The minimum atomic E-state index is -0.456. The Kier molecular flexibility index (Phi) is 8.17. The van der Waals surface area contributed by atoms with Crippen LogP contribution in [0.1, 0.15) is 77.3 Å². The van der Waals surface area contributed by atoms with Gasteiger partial charge in [-0.25, -0.2) is 0 Å². The number of nitrogens with zero attached hydrogens (tertiary/aromatic N) is 1. The SMILES string of the molecule is CCOc1cc(C2C3=C(CC(C)(C)CC3=O)N(C)C3=C2C(=O)CC(C)(C)C3)cc(Br)c1OCc1ccc(Cl)c(Cl)c1. The van der Waals surface area contributed by atoms with Crippen molar-refractivity contribution in [3.63, 3.8) is 0 Å². The van der Waals surface area contributed by atoms with Gasteiger partial charge in [-0.2, -0.15) is 0 Å². The van der Waals surface area contributed by atoms with Crippen LogP contribution in [0.5, 0.6) is 11.5 Å². The Bertz CT molecular complexity index is 1450. The van der Waals surface area contributed by atoms with Crippen molar-refractivity contribution in [3.05, 3.63) is 78.5 Å². The molecule has 0 N–H and O–H groups in total. The van der Waals surface area contributed by atoms with Crippen LogP contribution in [0, 0.1) is 10.8 Å². The maximum absolute atomic E-state index is 13.8. The summed E-state index contributed by atoms with van der Waals surface area (Å²) in [6.07, 6.45) is 2.44. The van der Waals surface area contributed by atoms with Crippen LogP contribution in [-0.2, 0) is 16.2 Å². The molecule has 1 aliphatic heterocycles. The van der Waals surface area contributed by atoms with E-state index in [1.165, 1.54) is 0 Å². The third-order valence-corrected chi connectivity index (χ3v) is 9.54. The number of Topliss-reactive ketones (excluding diaryl/α,β-unsaturated/α-hetero) is 2. The molecular formula is C33H36BrCl2NO4. The van der Waals surface area contributed by atoms with E-state index in [4.69, 9.17) is 32.7 Å². The van der Waals surface area contributed by atoms with Crippen LogP contribution in [0.15, 0.2) is 57.3 Å². The molecule has 2 aromatic carbocycles. The number of benzene rings is 2. The zero-order chi connectivity index (χ0) is 29.9. The second kappa shape index (κ2) is 11.1. The van der Waals surface area contributed by atoms with Crippen molar-refractivity contribution in [3.8, 4) is 11.5 Å². The fraction of sp³-hybridized carbons (Fsp3) is 0.455. The second-order valence-corrected chi connectivity index (χ2v) is 14.6. The van der Waals surface area contributed by atoms with Gasteiger partial charge in [0.05, 0.1) is 21.1 Å². The molecule has 0 aromatic heterocycles. The fourth-order valence-corrected chi connectivity index (χ4v) is 7.34. The van der Waals surface area contributed by atoms with Crippen LogP contribution in [0.2, 0.25) is 10.0 Å². The van der Waals surface area contributed by atoms with Gasteiger partial charge in [0.2, 0.25) is 0 Å². The number of ether oxygens (including phenoxy) is 2. The number of ketones is 2. The number of halogens is 3. The lowest BCUT2D eigenvalue weighted by Gasteiger charge is -2.48. The molecule has 0 radical (unpaired) electrons. The average Bonchev–Trinajstić information content (AvgIpc) is 2.85. The number of carbonyl (C=O) groups is 2. The standard InChI is InChI=1S/C33H36BrCl2NO4/c1-7-40-27-12-19(11-20(34)31(27)41-17-18-8-9-21(35)22(36)10-18)28-29-23(13-32(2,3)15-25(29)38)37(6)24-14-33(4,5)16-26(39)30(24)28/h8-12,28H,7,13-17H2,1-6H3. The third-order valence-electron chi connectivity index (χ3n) is 8.21. The maximum Gasteiger partial charge on any atom is 0.175 e. The van der Waals surface area contributed by atoms with Crippen molar-refractivity contribution >= 4 is 50.7 Å². The van der Waals surface area contributed by atoms with Gasteiger partial charge in [0.1, 0.15) is 6.61 Å². The molecular weight excluding hydrogens is 625 g/mol. The number of carbonyl (C=O) groups excluding carboxylic acids is 2. The normalized spacial score (nSPS) is 20.3. The Balaban J connectivity index is 1.63. The molecule has 8 heteroatoms. The van der Waals surface area contributed by atoms with Crippen LogP contribution in [0.4, 0.5) is 0 Å². The number of hydrogen-bond donors (Lipinski definition) is 0. The Morgan fingerprint density at radius 3 is 2.00 bits per heavy atom. The zero-order valence-electron chi connectivity index (χ0n) is 24.4. The zero-order valence-corrected chi connectivity index (χ0v) is 27.5. The molecule has 2 aliphatic carbocycles. The van der Waals surface area contributed by atoms with Crippen LogP contribution in [-0.4, -0.2) is 30.1 Å². The summed E-state index contributed by atoms with van der Waals surface area (Å²) < 4.78 is 13.0. The lowest BCUT2D eigenvalue weighted by atomic mass is 9.64. The predicted molar refractivity (Wildman–Crippen MR) is 167 cm³/mol. The average molecular weight is 661 g/mol. The van der Waals surface area contributed by atoms with Gasteiger partial charge in [-0.05, 0) is 81.9 Å². The lowest BCUT2D eigenvalue weighted by Crippen LogP contribution is -2.43. The van der Waals surface area contributed by atoms with Crippen molar-refractivity contribution in [1.29, 1.82) is 0 Å². The number of hydrogen-bond acceptors (Lipinski definition) is 5. The Morgan fingerprint density at radius 2 is 1.46 bits per heavy atom. The molecule has 5 rings (SSSR count). The smallest absolute Gasteiger partial charge is 0.175 e. The molecule has 0 fully saturated rings. The first-order valence-electron chi connectivity index (χ1n) is 14.0. The van der Waals surface area contributed by atoms with Crippen LogP contribution in [0.3, 0.4) is 0 Å². The van der Waals surface area contributed by atoms with Gasteiger partial charge in [0.15, 0.2) is 23.1 Å². The van der Waals surface area contributed by atoms with E-state index in [1.54, 1.807) is 12.1 Å². The Morgan fingerprint density at radius 1 is 0.878 bits per heavy atom. The summed E-state index contributed by atoms with van der Waals surface area (Å²) >= 11 is 16.0.